The summed E-state index contributed by atoms with van der Waals surface area (Å²) in [4.78, 5) is 0. The maximum Gasteiger partial charge on any atom is 0.0186 e. The minimum Gasteiger partial charge on any atom is -0.325 e. The summed E-state index contributed by atoms with van der Waals surface area (Å²) in [7, 11) is 0. The van der Waals surface area contributed by atoms with Crippen LogP contribution in [-0.4, -0.2) is 5.54 Å². The van der Waals surface area contributed by atoms with Crippen LogP contribution in [-0.2, 0) is 0 Å². The van der Waals surface area contributed by atoms with Crippen LogP contribution in [0.25, 0.3) is 0 Å². The number of hydrogen-bond acceptors (Lipinski definition) is 1. The Bertz CT molecular complexity index is 161. The molecule has 0 aromatic carbocycles. The average molecular weight is 197 g/mol. The third kappa shape index (κ3) is 2.98. The second-order valence-corrected chi connectivity index (χ2v) is 5.25. The van der Waals surface area contributed by atoms with E-state index in [9.17, 15) is 0 Å². The lowest BCUT2D eigenvalue weighted by atomic mass is 9.80. The maximum atomic E-state index is 6.35. The third-order valence-electron chi connectivity index (χ3n) is 3.87. The Labute approximate surface area is 89.5 Å². The molecule has 2 atom stereocenters. The first-order chi connectivity index (χ1) is 6.64. The highest BCUT2D eigenvalue weighted by atomic mass is 14.8. The molecule has 84 valence electrons. The lowest BCUT2D eigenvalue weighted by Gasteiger charge is -2.29. The van der Waals surface area contributed by atoms with E-state index < -0.39 is 0 Å². The minimum absolute atomic E-state index is 0.239. The molecule has 0 saturated heterocycles. The van der Waals surface area contributed by atoms with E-state index in [0.717, 1.165) is 11.8 Å². The van der Waals surface area contributed by atoms with Gasteiger partial charge in [-0.25, -0.2) is 0 Å². The highest BCUT2D eigenvalue weighted by Gasteiger charge is 2.46. The molecular weight excluding hydrogens is 170 g/mol. The fraction of sp³-hybridized carbons (Fsp3) is 1.00. The van der Waals surface area contributed by atoms with E-state index in [2.05, 4.69) is 20.8 Å². The van der Waals surface area contributed by atoms with Gasteiger partial charge >= 0.3 is 0 Å². The number of nitrogens with two attached hydrogens (primary N) is 1. The lowest BCUT2D eigenvalue weighted by molar-refractivity contribution is 0.247. The van der Waals surface area contributed by atoms with Gasteiger partial charge in [-0.15, -0.1) is 0 Å². The van der Waals surface area contributed by atoms with Gasteiger partial charge in [0.1, 0.15) is 0 Å². The molecule has 0 spiro atoms. The number of rotatable bonds is 7. The second-order valence-electron chi connectivity index (χ2n) is 5.25. The van der Waals surface area contributed by atoms with Crippen molar-refractivity contribution in [3.63, 3.8) is 0 Å². The van der Waals surface area contributed by atoms with Crippen molar-refractivity contribution in [1.29, 1.82) is 0 Å². The van der Waals surface area contributed by atoms with Gasteiger partial charge in [-0.3, -0.25) is 0 Å². The molecule has 1 aliphatic carbocycles. The van der Waals surface area contributed by atoms with Crippen molar-refractivity contribution in [3.05, 3.63) is 0 Å². The van der Waals surface area contributed by atoms with Crippen molar-refractivity contribution >= 4 is 0 Å². The summed E-state index contributed by atoms with van der Waals surface area (Å²) in [6, 6.07) is 0. The molecule has 1 rings (SSSR count). The van der Waals surface area contributed by atoms with E-state index in [1.54, 1.807) is 0 Å². The third-order valence-corrected chi connectivity index (χ3v) is 3.87. The predicted octanol–water partition coefficient (Wildman–Crippen LogP) is 3.72. The van der Waals surface area contributed by atoms with Crippen molar-refractivity contribution in [2.75, 3.05) is 0 Å². The van der Waals surface area contributed by atoms with E-state index in [-0.39, 0.29) is 5.54 Å². The summed E-state index contributed by atoms with van der Waals surface area (Å²) < 4.78 is 0. The van der Waals surface area contributed by atoms with Gasteiger partial charge in [-0.2, -0.15) is 0 Å². The first kappa shape index (κ1) is 12.0. The van der Waals surface area contributed by atoms with Crippen LogP contribution in [0.1, 0.15) is 65.7 Å². The minimum atomic E-state index is 0.239. The fourth-order valence-corrected chi connectivity index (χ4v) is 2.69. The molecule has 0 aromatic heterocycles. The zero-order valence-electron chi connectivity index (χ0n) is 10.2. The Morgan fingerprint density at radius 3 is 2.21 bits per heavy atom. The molecule has 0 bridgehead atoms. The largest absolute Gasteiger partial charge is 0.325 e. The molecule has 14 heavy (non-hydrogen) atoms. The summed E-state index contributed by atoms with van der Waals surface area (Å²) in [5.41, 5.74) is 6.59. The summed E-state index contributed by atoms with van der Waals surface area (Å²) in [6.07, 6.45) is 9.24. The summed E-state index contributed by atoms with van der Waals surface area (Å²) in [5, 5.41) is 0. The van der Waals surface area contributed by atoms with E-state index in [0.29, 0.717) is 0 Å². The standard InChI is InChI=1S/C13H27N/c1-4-6-8-11(3)12(7-5-2)13(14)9-10-13/h11-12H,4-10,14H2,1-3H3. The molecule has 1 nitrogen and oxygen atoms in total. The molecule has 0 aromatic rings. The Morgan fingerprint density at radius 2 is 1.79 bits per heavy atom. The van der Waals surface area contributed by atoms with Gasteiger partial charge in [0.2, 0.25) is 0 Å². The van der Waals surface area contributed by atoms with Crippen LogP contribution in [0.2, 0.25) is 0 Å². The lowest BCUT2D eigenvalue weighted by Crippen LogP contribution is -2.36. The maximum absolute atomic E-state index is 6.35. The van der Waals surface area contributed by atoms with Crippen LogP contribution in [0.3, 0.4) is 0 Å². The van der Waals surface area contributed by atoms with Crippen molar-refractivity contribution in [2.45, 2.75) is 71.3 Å². The normalized spacial score (nSPS) is 23.1. The van der Waals surface area contributed by atoms with Crippen LogP contribution >= 0.6 is 0 Å². The van der Waals surface area contributed by atoms with E-state index in [1.165, 1.54) is 44.9 Å². The molecule has 1 heteroatoms. The second kappa shape index (κ2) is 5.16. The van der Waals surface area contributed by atoms with Crippen molar-refractivity contribution < 1.29 is 0 Å². The summed E-state index contributed by atoms with van der Waals surface area (Å²) >= 11 is 0. The predicted molar refractivity (Wildman–Crippen MR) is 63.2 cm³/mol. The highest BCUT2D eigenvalue weighted by molar-refractivity contribution is 5.04. The van der Waals surface area contributed by atoms with Gasteiger partial charge in [-0.1, -0.05) is 46.5 Å². The van der Waals surface area contributed by atoms with Crippen LogP contribution in [0, 0.1) is 11.8 Å². The molecule has 2 N–H and O–H groups in total. The molecule has 1 aliphatic rings. The SMILES string of the molecule is CCCCC(C)C(CCC)C1(N)CC1. The Hall–Kier alpha value is -0.0400. The van der Waals surface area contributed by atoms with Gasteiger partial charge < -0.3 is 5.73 Å². The van der Waals surface area contributed by atoms with Gasteiger partial charge in [-0.05, 0) is 31.1 Å². The zero-order chi connectivity index (χ0) is 10.6. The first-order valence-electron chi connectivity index (χ1n) is 6.43. The summed E-state index contributed by atoms with van der Waals surface area (Å²) in [5.74, 6) is 1.63. The van der Waals surface area contributed by atoms with Crippen molar-refractivity contribution in [1.82, 2.24) is 0 Å². The quantitative estimate of drug-likeness (QED) is 0.661. The zero-order valence-corrected chi connectivity index (χ0v) is 10.2. The Morgan fingerprint density at radius 1 is 1.14 bits per heavy atom. The molecule has 0 aliphatic heterocycles. The van der Waals surface area contributed by atoms with Gasteiger partial charge in [0.15, 0.2) is 0 Å². The fourth-order valence-electron chi connectivity index (χ4n) is 2.69. The van der Waals surface area contributed by atoms with E-state index in [4.69, 9.17) is 5.73 Å². The van der Waals surface area contributed by atoms with Crippen molar-refractivity contribution in [2.24, 2.45) is 17.6 Å². The molecular formula is C13H27N. The monoisotopic (exact) mass is 197 g/mol. The molecule has 1 fully saturated rings. The van der Waals surface area contributed by atoms with Gasteiger partial charge in [0, 0.05) is 5.54 Å². The number of unbranched alkanes of at least 4 members (excludes halogenated alkanes) is 1. The topological polar surface area (TPSA) is 26.0 Å². The molecule has 0 radical (unpaired) electrons. The van der Waals surface area contributed by atoms with Crippen LogP contribution in [0.4, 0.5) is 0 Å². The Balaban J connectivity index is 2.40. The van der Waals surface area contributed by atoms with Crippen LogP contribution in [0.5, 0.6) is 0 Å². The summed E-state index contributed by atoms with van der Waals surface area (Å²) in [6.45, 7) is 6.96. The average Bonchev–Trinajstić information content (AvgIpc) is 2.90. The van der Waals surface area contributed by atoms with Gasteiger partial charge in [0.25, 0.3) is 0 Å². The molecule has 1 saturated carbocycles. The van der Waals surface area contributed by atoms with Crippen LogP contribution < -0.4 is 5.73 Å². The first-order valence-corrected chi connectivity index (χ1v) is 6.43. The smallest absolute Gasteiger partial charge is 0.0186 e. The molecule has 0 heterocycles. The molecule has 0 amide bonds. The van der Waals surface area contributed by atoms with Crippen molar-refractivity contribution in [3.8, 4) is 0 Å². The van der Waals surface area contributed by atoms with E-state index >= 15 is 0 Å². The Kier molecular flexibility index (Phi) is 4.43. The van der Waals surface area contributed by atoms with Crippen LogP contribution in [0.15, 0.2) is 0 Å². The van der Waals surface area contributed by atoms with E-state index in [1.807, 2.05) is 0 Å². The molecule has 2 unspecified atom stereocenters. The number of hydrogen-bond donors (Lipinski definition) is 1. The highest BCUT2D eigenvalue weighted by Crippen LogP contribution is 2.46. The van der Waals surface area contributed by atoms with Gasteiger partial charge in [0.05, 0.1) is 0 Å².